The van der Waals surface area contributed by atoms with Gasteiger partial charge in [-0.25, -0.2) is 0 Å². The average Bonchev–Trinajstić information content (AvgIpc) is 2.00. The average molecular weight is 209 g/mol. The van der Waals surface area contributed by atoms with Crippen LogP contribution < -0.4 is 5.32 Å². The van der Waals surface area contributed by atoms with Crippen molar-refractivity contribution in [1.82, 2.24) is 5.32 Å². The van der Waals surface area contributed by atoms with E-state index in [9.17, 15) is 13.2 Å². The molecule has 0 radical (unpaired) electrons. The molecule has 0 aromatic carbocycles. The van der Waals surface area contributed by atoms with Crippen LogP contribution in [0.2, 0.25) is 0 Å². The Balaban J connectivity index is 2.90. The van der Waals surface area contributed by atoms with Crippen molar-refractivity contribution in [2.45, 2.75) is 51.2 Å². The van der Waals surface area contributed by atoms with Gasteiger partial charge in [0.25, 0.3) is 0 Å². The van der Waals surface area contributed by atoms with Gasteiger partial charge in [0.2, 0.25) is 0 Å². The fourth-order valence-electron chi connectivity index (χ4n) is 2.46. The van der Waals surface area contributed by atoms with Crippen molar-refractivity contribution in [2.75, 3.05) is 7.05 Å². The summed E-state index contributed by atoms with van der Waals surface area (Å²) in [7, 11) is 1.41. The molecule has 1 aliphatic rings. The summed E-state index contributed by atoms with van der Waals surface area (Å²) in [6.45, 7) is 3.81. The minimum absolute atomic E-state index is 0.181. The lowest BCUT2D eigenvalue weighted by Gasteiger charge is -2.45. The summed E-state index contributed by atoms with van der Waals surface area (Å²) >= 11 is 0. The molecule has 0 aromatic rings. The maximum Gasteiger partial charge on any atom is 0.406 e. The van der Waals surface area contributed by atoms with Crippen molar-refractivity contribution >= 4 is 0 Å². The first-order chi connectivity index (χ1) is 6.22. The Hall–Kier alpha value is -0.250. The number of halogens is 3. The van der Waals surface area contributed by atoms with Gasteiger partial charge in [-0.3, -0.25) is 0 Å². The van der Waals surface area contributed by atoms with Crippen LogP contribution in [-0.2, 0) is 0 Å². The molecule has 0 bridgehead atoms. The summed E-state index contributed by atoms with van der Waals surface area (Å²) in [5.41, 5.74) is -1.87. The third-order valence-corrected chi connectivity index (χ3v) is 3.26. The zero-order valence-corrected chi connectivity index (χ0v) is 8.96. The number of alkyl halides is 3. The Morgan fingerprint density at radius 3 is 2.00 bits per heavy atom. The molecule has 0 aliphatic heterocycles. The first-order valence-electron chi connectivity index (χ1n) is 4.98. The van der Waals surface area contributed by atoms with Gasteiger partial charge in [0, 0.05) is 0 Å². The molecule has 0 spiro atoms. The molecule has 0 aromatic heterocycles. The molecular formula is C10H18F3N. The molecule has 1 saturated carbocycles. The molecule has 0 saturated heterocycles. The van der Waals surface area contributed by atoms with Crippen LogP contribution in [-0.4, -0.2) is 18.8 Å². The van der Waals surface area contributed by atoms with Crippen LogP contribution in [0.1, 0.15) is 39.5 Å². The SMILES string of the molecule is CNC1(C(F)(F)F)CCCC(C)(C)C1. The summed E-state index contributed by atoms with van der Waals surface area (Å²) < 4.78 is 38.6. The Morgan fingerprint density at radius 2 is 1.71 bits per heavy atom. The molecule has 0 heterocycles. The highest BCUT2D eigenvalue weighted by molar-refractivity contribution is 5.01. The lowest BCUT2D eigenvalue weighted by Crippen LogP contribution is -2.59. The predicted octanol–water partition coefficient (Wildman–Crippen LogP) is 3.11. The zero-order chi connectivity index (χ0) is 11.0. The highest BCUT2D eigenvalue weighted by Crippen LogP contribution is 2.48. The zero-order valence-electron chi connectivity index (χ0n) is 8.96. The maximum atomic E-state index is 12.9. The molecular weight excluding hydrogens is 191 g/mol. The largest absolute Gasteiger partial charge is 0.406 e. The molecule has 84 valence electrons. The third kappa shape index (κ3) is 2.05. The van der Waals surface area contributed by atoms with Crippen molar-refractivity contribution in [3.05, 3.63) is 0 Å². The van der Waals surface area contributed by atoms with Gasteiger partial charge in [0.1, 0.15) is 5.54 Å². The van der Waals surface area contributed by atoms with E-state index in [0.717, 1.165) is 6.42 Å². The second kappa shape index (κ2) is 3.40. The van der Waals surface area contributed by atoms with E-state index in [0.29, 0.717) is 6.42 Å². The smallest absolute Gasteiger partial charge is 0.307 e. The van der Waals surface area contributed by atoms with E-state index >= 15 is 0 Å². The highest BCUT2D eigenvalue weighted by atomic mass is 19.4. The lowest BCUT2D eigenvalue weighted by atomic mass is 9.68. The summed E-state index contributed by atoms with van der Waals surface area (Å²) in [6, 6.07) is 0. The van der Waals surface area contributed by atoms with Crippen molar-refractivity contribution in [3.8, 4) is 0 Å². The van der Waals surface area contributed by atoms with Crippen LogP contribution in [0.5, 0.6) is 0 Å². The quantitative estimate of drug-likeness (QED) is 0.699. The van der Waals surface area contributed by atoms with Gasteiger partial charge in [0.15, 0.2) is 0 Å². The second-order valence-corrected chi connectivity index (χ2v) is 5.02. The van der Waals surface area contributed by atoms with Gasteiger partial charge < -0.3 is 5.32 Å². The Kier molecular flexibility index (Phi) is 2.87. The van der Waals surface area contributed by atoms with Gasteiger partial charge in [-0.1, -0.05) is 20.3 Å². The minimum atomic E-state index is -4.14. The molecule has 1 nitrogen and oxygen atoms in total. The molecule has 4 heteroatoms. The number of hydrogen-bond acceptors (Lipinski definition) is 1. The molecule has 1 fully saturated rings. The monoisotopic (exact) mass is 209 g/mol. The number of rotatable bonds is 1. The summed E-state index contributed by atoms with van der Waals surface area (Å²) in [5, 5.41) is 2.49. The topological polar surface area (TPSA) is 12.0 Å². The van der Waals surface area contributed by atoms with Crippen molar-refractivity contribution in [3.63, 3.8) is 0 Å². The van der Waals surface area contributed by atoms with E-state index in [1.165, 1.54) is 7.05 Å². The third-order valence-electron chi connectivity index (χ3n) is 3.26. The first kappa shape index (κ1) is 11.8. The fraction of sp³-hybridized carbons (Fsp3) is 1.00. The summed E-state index contributed by atoms with van der Waals surface area (Å²) in [4.78, 5) is 0. The van der Waals surface area contributed by atoms with Crippen LogP contribution in [0, 0.1) is 5.41 Å². The van der Waals surface area contributed by atoms with Crippen LogP contribution in [0.3, 0.4) is 0 Å². The van der Waals surface area contributed by atoms with E-state index in [2.05, 4.69) is 5.32 Å². The second-order valence-electron chi connectivity index (χ2n) is 5.02. The molecule has 1 N–H and O–H groups in total. The van der Waals surface area contributed by atoms with Crippen molar-refractivity contribution in [2.24, 2.45) is 5.41 Å². The summed E-state index contributed by atoms with van der Waals surface area (Å²) in [6.07, 6.45) is -2.23. The highest BCUT2D eigenvalue weighted by Gasteiger charge is 2.56. The van der Waals surface area contributed by atoms with Gasteiger partial charge >= 0.3 is 6.18 Å². The normalized spacial score (nSPS) is 33.0. The van der Waals surface area contributed by atoms with E-state index in [4.69, 9.17) is 0 Å². The molecule has 14 heavy (non-hydrogen) atoms. The van der Waals surface area contributed by atoms with Crippen LogP contribution in [0.15, 0.2) is 0 Å². The summed E-state index contributed by atoms with van der Waals surface area (Å²) in [5.74, 6) is 0. The first-order valence-corrected chi connectivity index (χ1v) is 4.98. The lowest BCUT2D eigenvalue weighted by molar-refractivity contribution is -0.212. The Labute approximate surface area is 83.1 Å². The van der Waals surface area contributed by atoms with Crippen LogP contribution in [0.4, 0.5) is 13.2 Å². The Bertz CT molecular complexity index is 210. The molecule has 1 unspecified atom stereocenters. The number of hydrogen-bond donors (Lipinski definition) is 1. The molecule has 1 aliphatic carbocycles. The van der Waals surface area contributed by atoms with Crippen molar-refractivity contribution in [1.29, 1.82) is 0 Å². The van der Waals surface area contributed by atoms with Gasteiger partial charge in [0.05, 0.1) is 0 Å². The van der Waals surface area contributed by atoms with E-state index < -0.39 is 11.7 Å². The minimum Gasteiger partial charge on any atom is -0.307 e. The molecule has 0 amide bonds. The van der Waals surface area contributed by atoms with Crippen LogP contribution >= 0.6 is 0 Å². The fourth-order valence-corrected chi connectivity index (χ4v) is 2.46. The van der Waals surface area contributed by atoms with Gasteiger partial charge in [-0.15, -0.1) is 0 Å². The van der Waals surface area contributed by atoms with Gasteiger partial charge in [-0.05, 0) is 31.7 Å². The standard InChI is InChI=1S/C10H18F3N/c1-8(2)5-4-6-9(7-8,14-3)10(11,12)13/h14H,4-7H2,1-3H3. The van der Waals surface area contributed by atoms with E-state index in [-0.39, 0.29) is 18.3 Å². The van der Waals surface area contributed by atoms with E-state index in [1.807, 2.05) is 13.8 Å². The van der Waals surface area contributed by atoms with Crippen molar-refractivity contribution < 1.29 is 13.2 Å². The maximum absolute atomic E-state index is 12.9. The number of nitrogens with one attached hydrogen (secondary N) is 1. The van der Waals surface area contributed by atoms with Gasteiger partial charge in [-0.2, -0.15) is 13.2 Å². The molecule has 1 atom stereocenters. The molecule has 1 rings (SSSR count). The predicted molar refractivity (Wildman–Crippen MR) is 50.1 cm³/mol. The Morgan fingerprint density at radius 1 is 1.14 bits per heavy atom. The van der Waals surface area contributed by atoms with Crippen LogP contribution in [0.25, 0.3) is 0 Å². The van der Waals surface area contributed by atoms with E-state index in [1.54, 1.807) is 0 Å².